The highest BCUT2D eigenvalue weighted by Gasteiger charge is 2.34. The Morgan fingerprint density at radius 3 is 2.77 bits per heavy atom. The minimum atomic E-state index is -1.07. The Bertz CT molecular complexity index is 1270. The van der Waals surface area contributed by atoms with Gasteiger partial charge >= 0.3 is 5.97 Å². The van der Waals surface area contributed by atoms with Crippen molar-refractivity contribution in [3.63, 3.8) is 0 Å². The zero-order chi connectivity index (χ0) is 24.9. The summed E-state index contributed by atoms with van der Waals surface area (Å²) in [5.74, 6) is -0.123. The predicted octanol–water partition coefficient (Wildman–Crippen LogP) is 5.37. The van der Waals surface area contributed by atoms with Gasteiger partial charge in [-0.05, 0) is 69.4 Å². The van der Waals surface area contributed by atoms with Gasteiger partial charge < -0.3 is 24.4 Å². The quantitative estimate of drug-likeness (QED) is 0.493. The van der Waals surface area contributed by atoms with Crippen LogP contribution in [-0.4, -0.2) is 45.9 Å². The van der Waals surface area contributed by atoms with Crippen LogP contribution in [0, 0.1) is 5.92 Å². The van der Waals surface area contributed by atoms with Gasteiger partial charge in [-0.25, -0.2) is 4.98 Å². The predicted molar refractivity (Wildman–Crippen MR) is 137 cm³/mol. The fraction of sp³-hybridized carbons (Fsp3) is 0.481. The molecule has 4 atom stereocenters. The van der Waals surface area contributed by atoms with E-state index in [1.807, 2.05) is 0 Å². The summed E-state index contributed by atoms with van der Waals surface area (Å²) >= 11 is 6.29. The van der Waals surface area contributed by atoms with Crippen molar-refractivity contribution in [3.05, 3.63) is 52.3 Å². The standard InChI is InChI=1S/C27H32ClN3O4/c1-15-7-9-19-21(30(15)2)10-11-22-24(19)29-26(25(32)20-14-17(28)8-12-23(20)35-3)31(22)18-6-4-5-16(13-18)27(33)34/h8,10-12,14-16,18,25,32H,4-7,9,13H2,1-3H3,(H,33,34). The van der Waals surface area contributed by atoms with Crippen molar-refractivity contribution in [2.24, 2.45) is 5.92 Å². The van der Waals surface area contributed by atoms with E-state index in [4.69, 9.17) is 21.3 Å². The molecule has 7 nitrogen and oxygen atoms in total. The number of nitrogens with zero attached hydrogens (tertiary/aromatic N) is 3. The van der Waals surface area contributed by atoms with Gasteiger partial charge in [0.2, 0.25) is 0 Å². The first-order chi connectivity index (χ1) is 16.8. The molecule has 0 bridgehead atoms. The normalized spacial score (nSPS) is 23.2. The van der Waals surface area contributed by atoms with Crippen LogP contribution in [0.1, 0.15) is 68.1 Å². The van der Waals surface area contributed by atoms with Crippen LogP contribution >= 0.6 is 11.6 Å². The average molecular weight is 498 g/mol. The van der Waals surface area contributed by atoms with Crippen molar-refractivity contribution in [3.8, 4) is 5.75 Å². The third kappa shape index (κ3) is 4.15. The van der Waals surface area contributed by atoms with E-state index in [1.165, 1.54) is 5.56 Å². The first-order valence-corrected chi connectivity index (χ1v) is 12.7. The SMILES string of the molecule is COc1ccc(Cl)cc1C(O)c1nc2c3c(ccc2n1C1CCCC(C(=O)O)C1)N(C)C(C)CC3. The summed E-state index contributed by atoms with van der Waals surface area (Å²) in [5, 5.41) is 21.9. The molecule has 35 heavy (non-hydrogen) atoms. The highest BCUT2D eigenvalue weighted by atomic mass is 35.5. The molecule has 0 amide bonds. The number of carboxylic acid groups (broad SMARTS) is 1. The van der Waals surface area contributed by atoms with Crippen LogP contribution in [0.25, 0.3) is 11.0 Å². The molecule has 0 radical (unpaired) electrons. The second kappa shape index (κ2) is 9.36. The summed E-state index contributed by atoms with van der Waals surface area (Å²) in [5.41, 5.74) is 4.71. The molecule has 5 rings (SSSR count). The van der Waals surface area contributed by atoms with Crippen molar-refractivity contribution in [1.82, 2.24) is 9.55 Å². The number of aromatic nitrogens is 2. The third-order valence-electron chi connectivity index (χ3n) is 7.91. The molecule has 186 valence electrons. The molecule has 2 aromatic carbocycles. The number of rotatable bonds is 5. The van der Waals surface area contributed by atoms with Crippen LogP contribution in [0.4, 0.5) is 5.69 Å². The summed E-state index contributed by atoms with van der Waals surface area (Å²) in [6.07, 6.45) is 3.72. The number of hydrogen-bond acceptors (Lipinski definition) is 5. The number of methoxy groups -OCH3 is 1. The van der Waals surface area contributed by atoms with E-state index in [2.05, 4.69) is 35.6 Å². The van der Waals surface area contributed by atoms with Crippen LogP contribution in [0.5, 0.6) is 5.75 Å². The highest BCUT2D eigenvalue weighted by Crippen LogP contribution is 2.42. The largest absolute Gasteiger partial charge is 0.496 e. The number of hydrogen-bond donors (Lipinski definition) is 2. The molecule has 1 fully saturated rings. The Morgan fingerprint density at radius 2 is 2.03 bits per heavy atom. The zero-order valence-electron chi connectivity index (χ0n) is 20.4. The zero-order valence-corrected chi connectivity index (χ0v) is 21.1. The summed E-state index contributed by atoms with van der Waals surface area (Å²) in [7, 11) is 3.67. The second-order valence-corrected chi connectivity index (χ2v) is 10.4. The van der Waals surface area contributed by atoms with E-state index in [1.54, 1.807) is 25.3 Å². The monoisotopic (exact) mass is 497 g/mol. The molecule has 0 saturated heterocycles. The van der Waals surface area contributed by atoms with E-state index in [9.17, 15) is 15.0 Å². The highest BCUT2D eigenvalue weighted by molar-refractivity contribution is 6.30. The van der Waals surface area contributed by atoms with Gasteiger partial charge in [-0.3, -0.25) is 4.79 Å². The third-order valence-corrected chi connectivity index (χ3v) is 8.15. The summed E-state index contributed by atoms with van der Waals surface area (Å²) < 4.78 is 7.62. The fourth-order valence-electron chi connectivity index (χ4n) is 5.84. The topological polar surface area (TPSA) is 87.8 Å². The van der Waals surface area contributed by atoms with Crippen molar-refractivity contribution >= 4 is 34.3 Å². The van der Waals surface area contributed by atoms with Crippen molar-refractivity contribution < 1.29 is 19.7 Å². The maximum absolute atomic E-state index is 11.8. The van der Waals surface area contributed by atoms with Crippen molar-refractivity contribution in [2.45, 2.75) is 63.6 Å². The molecule has 2 heterocycles. The second-order valence-electron chi connectivity index (χ2n) is 9.91. The molecule has 2 N–H and O–H groups in total. The first kappa shape index (κ1) is 23.9. The molecule has 3 aromatic rings. The minimum Gasteiger partial charge on any atom is -0.496 e. The minimum absolute atomic E-state index is 0.0667. The summed E-state index contributed by atoms with van der Waals surface area (Å²) in [6, 6.07) is 9.77. The van der Waals surface area contributed by atoms with E-state index in [-0.39, 0.29) is 6.04 Å². The Kier molecular flexibility index (Phi) is 6.40. The van der Waals surface area contributed by atoms with Gasteiger partial charge in [0.15, 0.2) is 0 Å². The number of imidazole rings is 1. The number of aliphatic carboxylic acids is 1. The lowest BCUT2D eigenvalue weighted by Crippen LogP contribution is -2.33. The molecule has 2 aliphatic rings. The maximum atomic E-state index is 11.8. The number of halogens is 1. The molecule has 8 heteroatoms. The number of aliphatic hydroxyl groups excluding tert-OH is 1. The smallest absolute Gasteiger partial charge is 0.306 e. The van der Waals surface area contributed by atoms with Gasteiger partial charge in [-0.2, -0.15) is 0 Å². The lowest BCUT2D eigenvalue weighted by atomic mass is 9.85. The van der Waals surface area contributed by atoms with Crippen LogP contribution < -0.4 is 9.64 Å². The van der Waals surface area contributed by atoms with Gasteiger partial charge in [0.05, 0.1) is 24.1 Å². The van der Waals surface area contributed by atoms with Crippen LogP contribution in [-0.2, 0) is 11.2 Å². The first-order valence-electron chi connectivity index (χ1n) is 12.3. The Hall–Kier alpha value is -2.77. The Balaban J connectivity index is 1.71. The van der Waals surface area contributed by atoms with Gasteiger partial charge in [0, 0.05) is 41.0 Å². The number of fused-ring (bicyclic) bond motifs is 3. The number of anilines is 1. The van der Waals surface area contributed by atoms with Gasteiger partial charge in [-0.15, -0.1) is 0 Å². The summed E-state index contributed by atoms with van der Waals surface area (Å²) in [6.45, 7) is 2.22. The molecular weight excluding hydrogens is 466 g/mol. The van der Waals surface area contributed by atoms with Gasteiger partial charge in [0.25, 0.3) is 0 Å². The number of ether oxygens (including phenoxy) is 1. The number of aryl methyl sites for hydroxylation is 1. The average Bonchev–Trinajstić information content (AvgIpc) is 3.25. The number of benzene rings is 2. The Morgan fingerprint density at radius 1 is 1.23 bits per heavy atom. The van der Waals surface area contributed by atoms with E-state index in [0.29, 0.717) is 41.0 Å². The Labute approximate surface area is 210 Å². The molecule has 1 aliphatic carbocycles. The van der Waals surface area contributed by atoms with Crippen LogP contribution in [0.2, 0.25) is 5.02 Å². The van der Waals surface area contributed by atoms with Crippen LogP contribution in [0.3, 0.4) is 0 Å². The number of aliphatic hydroxyl groups is 1. The van der Waals surface area contributed by atoms with E-state index in [0.717, 1.165) is 42.4 Å². The van der Waals surface area contributed by atoms with Crippen LogP contribution in [0.15, 0.2) is 30.3 Å². The molecule has 0 spiro atoms. The lowest BCUT2D eigenvalue weighted by molar-refractivity contribution is -0.143. The molecular formula is C27H32ClN3O4. The molecule has 1 aliphatic heterocycles. The molecule has 4 unspecified atom stereocenters. The number of carbonyl (C=O) groups is 1. The maximum Gasteiger partial charge on any atom is 0.306 e. The number of carboxylic acids is 1. The van der Waals surface area contributed by atoms with E-state index < -0.39 is 18.0 Å². The van der Waals surface area contributed by atoms with Gasteiger partial charge in [0.1, 0.15) is 17.7 Å². The van der Waals surface area contributed by atoms with Gasteiger partial charge in [-0.1, -0.05) is 18.0 Å². The van der Waals surface area contributed by atoms with E-state index >= 15 is 0 Å². The molecule has 1 saturated carbocycles. The summed E-state index contributed by atoms with van der Waals surface area (Å²) in [4.78, 5) is 19.2. The molecule has 1 aromatic heterocycles. The fourth-order valence-corrected chi connectivity index (χ4v) is 6.02. The van der Waals surface area contributed by atoms with Crippen molar-refractivity contribution in [2.75, 3.05) is 19.1 Å². The van der Waals surface area contributed by atoms with Crippen molar-refractivity contribution in [1.29, 1.82) is 0 Å². The lowest BCUT2D eigenvalue weighted by Gasteiger charge is -2.34.